The van der Waals surface area contributed by atoms with Crippen molar-refractivity contribution < 1.29 is 18.0 Å². The van der Waals surface area contributed by atoms with Crippen LogP contribution in [0, 0.1) is 6.92 Å². The fraction of sp³-hybridized carbons (Fsp3) is 0.391. The number of halogens is 3. The number of alkyl halides is 3. The number of amides is 1. The van der Waals surface area contributed by atoms with E-state index in [9.17, 15) is 18.0 Å². The second-order valence-electron chi connectivity index (χ2n) is 8.83. The minimum atomic E-state index is -4.40. The van der Waals surface area contributed by atoms with Gasteiger partial charge in [0.15, 0.2) is 0 Å². The maximum absolute atomic E-state index is 13.4. The summed E-state index contributed by atoms with van der Waals surface area (Å²) < 4.78 is 39.1. The lowest BCUT2D eigenvalue weighted by atomic mass is 9.96. The number of rotatable bonds is 5. The Morgan fingerprint density at radius 1 is 1.15 bits per heavy atom. The molecule has 0 spiro atoms. The molecular weight excluding hydrogens is 451 g/mol. The molecule has 0 saturated carbocycles. The highest BCUT2D eigenvalue weighted by Gasteiger charge is 2.47. The highest BCUT2D eigenvalue weighted by molar-refractivity contribution is 7.99. The maximum Gasteiger partial charge on any atom is 0.408 e. The van der Waals surface area contributed by atoms with Crippen molar-refractivity contribution in [3.8, 4) is 11.3 Å². The van der Waals surface area contributed by atoms with Gasteiger partial charge in [-0.15, -0.1) is 11.8 Å². The number of hydrogen-bond donors (Lipinski definition) is 0. The molecule has 3 aromatic heterocycles. The van der Waals surface area contributed by atoms with Gasteiger partial charge in [-0.3, -0.25) is 19.4 Å². The summed E-state index contributed by atoms with van der Waals surface area (Å²) in [6.07, 6.45) is 1.67. The summed E-state index contributed by atoms with van der Waals surface area (Å²) in [6, 6.07) is 3.87. The van der Waals surface area contributed by atoms with Crippen molar-refractivity contribution in [3.63, 3.8) is 0 Å². The van der Waals surface area contributed by atoms with Crippen LogP contribution >= 0.6 is 11.8 Å². The van der Waals surface area contributed by atoms with Crippen LogP contribution in [0.4, 0.5) is 18.9 Å². The largest absolute Gasteiger partial charge is 0.408 e. The number of nitrogens with zero attached hydrogens (tertiary/aromatic N) is 5. The van der Waals surface area contributed by atoms with E-state index in [4.69, 9.17) is 4.98 Å². The monoisotopic (exact) mass is 475 g/mol. The van der Waals surface area contributed by atoms with Crippen LogP contribution < -0.4 is 4.90 Å². The molecule has 0 unspecified atom stereocenters. The van der Waals surface area contributed by atoms with Crippen LogP contribution in [0.5, 0.6) is 0 Å². The topological polar surface area (TPSA) is 63.9 Å². The number of aromatic nitrogens is 4. The van der Waals surface area contributed by atoms with Crippen molar-refractivity contribution in [1.29, 1.82) is 0 Å². The Balaban J connectivity index is 1.74. The van der Waals surface area contributed by atoms with Crippen molar-refractivity contribution in [1.82, 2.24) is 19.7 Å². The summed E-state index contributed by atoms with van der Waals surface area (Å²) >= 11 is 1.70. The molecule has 10 heteroatoms. The van der Waals surface area contributed by atoms with Gasteiger partial charge in [-0.2, -0.15) is 18.3 Å². The molecule has 0 bridgehead atoms. The summed E-state index contributed by atoms with van der Waals surface area (Å²) in [5.74, 6) is -0.305. The minimum absolute atomic E-state index is 0.296. The smallest absolute Gasteiger partial charge is 0.294 e. The first kappa shape index (κ1) is 23.3. The second kappa shape index (κ2) is 8.16. The Hall–Kier alpha value is -2.88. The molecule has 1 amide bonds. The number of pyridine rings is 2. The van der Waals surface area contributed by atoms with E-state index in [1.807, 2.05) is 39.1 Å². The number of aryl methyl sites for hydroxylation is 1. The molecule has 6 nitrogen and oxygen atoms in total. The first-order chi connectivity index (χ1) is 15.4. The van der Waals surface area contributed by atoms with E-state index in [-0.39, 0.29) is 5.91 Å². The first-order valence-electron chi connectivity index (χ1n) is 10.4. The number of hydrogen-bond acceptors (Lipinski definition) is 5. The fourth-order valence-corrected chi connectivity index (χ4v) is 4.94. The van der Waals surface area contributed by atoms with Crippen molar-refractivity contribution >= 4 is 23.4 Å². The maximum atomic E-state index is 13.4. The fourth-order valence-electron chi connectivity index (χ4n) is 4.08. The van der Waals surface area contributed by atoms with Gasteiger partial charge < -0.3 is 0 Å². The normalized spacial score (nSPS) is 15.4. The van der Waals surface area contributed by atoms with E-state index in [1.165, 1.54) is 17.3 Å². The molecule has 4 rings (SSSR count). The average Bonchev–Trinajstić information content (AvgIpc) is 3.20. The zero-order valence-electron chi connectivity index (χ0n) is 18.9. The quantitative estimate of drug-likeness (QED) is 0.449. The van der Waals surface area contributed by atoms with E-state index in [0.29, 0.717) is 27.9 Å². The third-order valence-corrected chi connectivity index (χ3v) is 6.34. The Bertz CT molecular complexity index is 1220. The predicted octanol–water partition coefficient (Wildman–Crippen LogP) is 5.61. The molecule has 0 atom stereocenters. The molecule has 0 radical (unpaired) electrons. The van der Waals surface area contributed by atoms with Gasteiger partial charge in [0.2, 0.25) is 0 Å². The van der Waals surface area contributed by atoms with Gasteiger partial charge in [0.05, 0.1) is 34.4 Å². The minimum Gasteiger partial charge on any atom is -0.294 e. The summed E-state index contributed by atoms with van der Waals surface area (Å²) in [6.45, 7) is 8.49. The van der Waals surface area contributed by atoms with Gasteiger partial charge in [0, 0.05) is 34.3 Å². The molecule has 1 aliphatic rings. The van der Waals surface area contributed by atoms with Crippen LogP contribution in [-0.4, -0.2) is 37.1 Å². The van der Waals surface area contributed by atoms with E-state index >= 15 is 0 Å². The summed E-state index contributed by atoms with van der Waals surface area (Å²) in [5, 5.41) is 4.20. The van der Waals surface area contributed by atoms with Gasteiger partial charge in [0.25, 0.3) is 5.91 Å². The Labute approximate surface area is 194 Å². The van der Waals surface area contributed by atoms with Gasteiger partial charge >= 0.3 is 6.18 Å². The molecule has 0 saturated heterocycles. The zero-order valence-corrected chi connectivity index (χ0v) is 19.8. The van der Waals surface area contributed by atoms with Gasteiger partial charge in [-0.05, 0) is 38.5 Å². The number of carbonyl (C=O) groups is 1. The van der Waals surface area contributed by atoms with E-state index in [1.54, 1.807) is 18.0 Å². The number of carbonyl (C=O) groups excluding carboxylic acids is 1. The van der Waals surface area contributed by atoms with Gasteiger partial charge in [-0.1, -0.05) is 13.8 Å². The molecule has 0 N–H and O–H groups in total. The molecule has 3 aromatic rings. The molecule has 4 heterocycles. The van der Waals surface area contributed by atoms with Crippen molar-refractivity contribution in [2.75, 3.05) is 4.90 Å². The number of anilines is 1. The van der Waals surface area contributed by atoms with Crippen LogP contribution in [0.2, 0.25) is 0 Å². The summed E-state index contributed by atoms with van der Waals surface area (Å²) in [4.78, 5) is 25.0. The Kier molecular flexibility index (Phi) is 5.76. The highest BCUT2D eigenvalue weighted by atomic mass is 32.2. The van der Waals surface area contributed by atoms with Crippen LogP contribution in [0.15, 0.2) is 41.8 Å². The summed E-state index contributed by atoms with van der Waals surface area (Å²) in [5.41, 5.74) is 2.75. The van der Waals surface area contributed by atoms with Crippen molar-refractivity contribution in [3.05, 3.63) is 53.7 Å². The SMILES string of the molecule is Cc1cc(-c2cncc(SC(C)C)c2)nc2c1C(=O)N(c1cnn(CC(F)(F)F)c1)C2(C)C. The molecular formula is C23H24F3N5OS. The van der Waals surface area contributed by atoms with E-state index in [0.717, 1.165) is 20.7 Å². The van der Waals surface area contributed by atoms with Gasteiger partial charge in [0.1, 0.15) is 6.54 Å². The molecule has 33 heavy (non-hydrogen) atoms. The number of fused-ring (bicyclic) bond motifs is 1. The lowest BCUT2D eigenvalue weighted by Crippen LogP contribution is -2.39. The lowest BCUT2D eigenvalue weighted by molar-refractivity contribution is -0.142. The Morgan fingerprint density at radius 3 is 2.55 bits per heavy atom. The second-order valence-corrected chi connectivity index (χ2v) is 10.5. The average molecular weight is 476 g/mol. The molecule has 1 aliphatic heterocycles. The molecule has 0 fully saturated rings. The van der Waals surface area contributed by atoms with Crippen molar-refractivity contribution in [2.45, 2.75) is 63.0 Å². The van der Waals surface area contributed by atoms with Crippen LogP contribution in [0.25, 0.3) is 11.3 Å². The van der Waals surface area contributed by atoms with E-state index in [2.05, 4.69) is 23.9 Å². The van der Waals surface area contributed by atoms with Gasteiger partial charge in [-0.25, -0.2) is 4.98 Å². The lowest BCUT2D eigenvalue weighted by Gasteiger charge is -2.30. The van der Waals surface area contributed by atoms with Crippen LogP contribution in [0.3, 0.4) is 0 Å². The highest BCUT2D eigenvalue weighted by Crippen LogP contribution is 2.43. The predicted molar refractivity (Wildman–Crippen MR) is 121 cm³/mol. The molecule has 0 aromatic carbocycles. The van der Waals surface area contributed by atoms with E-state index < -0.39 is 18.3 Å². The van der Waals surface area contributed by atoms with Crippen molar-refractivity contribution in [2.24, 2.45) is 0 Å². The zero-order chi connectivity index (χ0) is 24.1. The van der Waals surface area contributed by atoms with Crippen LogP contribution in [0.1, 0.15) is 49.3 Å². The molecule has 0 aliphatic carbocycles. The third-order valence-electron chi connectivity index (χ3n) is 5.37. The first-order valence-corrected chi connectivity index (χ1v) is 11.3. The summed E-state index contributed by atoms with van der Waals surface area (Å²) in [7, 11) is 0. The Morgan fingerprint density at radius 2 is 1.88 bits per heavy atom. The standard InChI is InChI=1S/C23H24F3N5OS/c1-13(2)33-17-7-15(8-27-10-17)18-6-14(3)19-20(29-18)22(4,5)31(21(19)32)16-9-28-30(11-16)12-23(24,25)26/h6-11,13H,12H2,1-5H3. The number of thioether (sulfide) groups is 1. The van der Waals surface area contributed by atoms with Crippen LogP contribution in [-0.2, 0) is 12.1 Å². The molecule has 174 valence electrons. The third kappa shape index (κ3) is 4.48.